The molecule has 162 valence electrons. The van der Waals surface area contributed by atoms with E-state index in [2.05, 4.69) is 5.32 Å². The number of hydrogen-bond acceptors (Lipinski definition) is 4. The molecule has 0 radical (unpaired) electrons. The van der Waals surface area contributed by atoms with Gasteiger partial charge in [-0.25, -0.2) is 14.5 Å². The number of benzene rings is 2. The van der Waals surface area contributed by atoms with Crippen LogP contribution in [0.4, 0.5) is 10.5 Å². The van der Waals surface area contributed by atoms with Crippen LogP contribution >= 0.6 is 0 Å². The zero-order chi connectivity index (χ0) is 22.8. The van der Waals surface area contributed by atoms with Gasteiger partial charge >= 0.3 is 12.0 Å². The molecule has 7 nitrogen and oxygen atoms in total. The molecule has 0 spiro atoms. The third kappa shape index (κ3) is 3.80. The molecule has 0 atom stereocenters. The lowest BCUT2D eigenvalue weighted by molar-refractivity contribution is -0.113. The van der Waals surface area contributed by atoms with Crippen LogP contribution in [-0.4, -0.2) is 29.1 Å². The maximum Gasteiger partial charge on any atom is 0.338 e. The number of urea groups is 1. The number of para-hydroxylation sites is 1. The third-order valence-corrected chi connectivity index (χ3v) is 5.28. The van der Waals surface area contributed by atoms with E-state index >= 15 is 0 Å². The zero-order valence-corrected chi connectivity index (χ0v) is 18.1. The minimum absolute atomic E-state index is 0.208. The molecule has 3 aromatic rings. The Morgan fingerprint density at radius 3 is 2.44 bits per heavy atom. The molecule has 1 aromatic heterocycles. The number of imide groups is 1. The Kier molecular flexibility index (Phi) is 5.64. The predicted molar refractivity (Wildman–Crippen MR) is 122 cm³/mol. The van der Waals surface area contributed by atoms with Gasteiger partial charge in [-0.3, -0.25) is 4.79 Å². The van der Waals surface area contributed by atoms with Gasteiger partial charge in [0.05, 0.1) is 17.9 Å². The number of anilines is 1. The van der Waals surface area contributed by atoms with Crippen molar-refractivity contribution in [2.75, 3.05) is 11.5 Å². The number of aryl methyl sites for hydroxylation is 1. The average Bonchev–Trinajstić information content (AvgIpc) is 3.22. The third-order valence-electron chi connectivity index (χ3n) is 5.28. The first kappa shape index (κ1) is 21.1. The summed E-state index contributed by atoms with van der Waals surface area (Å²) in [6, 6.07) is 17.4. The normalized spacial score (nSPS) is 14.7. The SMILES string of the molecule is CCOC(=O)c1cccc(-n2c(C)cc(C=C3NC(=O)N(c4ccccc4)C3=O)c2C)c1. The van der Waals surface area contributed by atoms with Gasteiger partial charge in [-0.15, -0.1) is 0 Å². The van der Waals surface area contributed by atoms with E-state index in [0.29, 0.717) is 17.9 Å². The van der Waals surface area contributed by atoms with Crippen molar-refractivity contribution in [1.29, 1.82) is 0 Å². The van der Waals surface area contributed by atoms with Gasteiger partial charge in [-0.1, -0.05) is 24.3 Å². The molecule has 32 heavy (non-hydrogen) atoms. The van der Waals surface area contributed by atoms with Crippen molar-refractivity contribution in [2.45, 2.75) is 20.8 Å². The van der Waals surface area contributed by atoms with Crippen molar-refractivity contribution < 1.29 is 19.1 Å². The van der Waals surface area contributed by atoms with Crippen LogP contribution in [0.2, 0.25) is 0 Å². The Bertz CT molecular complexity index is 1240. The van der Waals surface area contributed by atoms with Crippen LogP contribution in [0.5, 0.6) is 0 Å². The molecule has 0 saturated carbocycles. The maximum atomic E-state index is 12.9. The average molecular weight is 429 g/mol. The van der Waals surface area contributed by atoms with Gasteiger partial charge in [0.1, 0.15) is 5.70 Å². The molecule has 2 heterocycles. The summed E-state index contributed by atoms with van der Waals surface area (Å²) < 4.78 is 7.09. The molecule has 1 N–H and O–H groups in total. The summed E-state index contributed by atoms with van der Waals surface area (Å²) in [5.74, 6) is -0.783. The van der Waals surface area contributed by atoms with E-state index in [4.69, 9.17) is 4.74 Å². The Morgan fingerprint density at radius 2 is 1.72 bits per heavy atom. The number of carbonyl (C=O) groups excluding carboxylic acids is 3. The summed E-state index contributed by atoms with van der Waals surface area (Å²) in [5, 5.41) is 2.66. The minimum atomic E-state index is -0.483. The van der Waals surface area contributed by atoms with Crippen LogP contribution in [0.15, 0.2) is 66.4 Å². The van der Waals surface area contributed by atoms with E-state index in [-0.39, 0.29) is 11.7 Å². The quantitative estimate of drug-likeness (QED) is 0.371. The fourth-order valence-corrected chi connectivity index (χ4v) is 3.82. The molecule has 3 amide bonds. The molecular weight excluding hydrogens is 406 g/mol. The number of ether oxygens (including phenoxy) is 1. The van der Waals surface area contributed by atoms with Gasteiger partial charge in [0.15, 0.2) is 0 Å². The minimum Gasteiger partial charge on any atom is -0.462 e. The van der Waals surface area contributed by atoms with Gasteiger partial charge in [-0.2, -0.15) is 0 Å². The lowest BCUT2D eigenvalue weighted by atomic mass is 10.2. The summed E-state index contributed by atoms with van der Waals surface area (Å²) in [6.07, 6.45) is 1.68. The summed E-state index contributed by atoms with van der Waals surface area (Å²) in [6.45, 7) is 5.94. The summed E-state index contributed by atoms with van der Waals surface area (Å²) in [4.78, 5) is 38.6. The molecule has 0 unspecified atom stereocenters. The van der Waals surface area contributed by atoms with Crippen molar-refractivity contribution in [1.82, 2.24) is 9.88 Å². The Hall–Kier alpha value is -4.13. The number of aromatic nitrogens is 1. The lowest BCUT2D eigenvalue weighted by Gasteiger charge is -2.11. The van der Waals surface area contributed by atoms with Gasteiger partial charge in [0, 0.05) is 17.1 Å². The number of amides is 3. The first-order chi connectivity index (χ1) is 15.4. The number of nitrogens with one attached hydrogen (secondary N) is 1. The van der Waals surface area contributed by atoms with E-state index < -0.39 is 11.9 Å². The number of hydrogen-bond donors (Lipinski definition) is 1. The standard InChI is InChI=1S/C25H23N3O4/c1-4-32-24(30)18-9-8-12-21(14-18)27-16(2)13-19(17(27)3)15-22-23(29)28(25(31)26-22)20-10-6-5-7-11-20/h5-15H,4H2,1-3H3,(H,26,31). The van der Waals surface area contributed by atoms with Crippen LogP contribution < -0.4 is 10.2 Å². The molecule has 1 fully saturated rings. The highest BCUT2D eigenvalue weighted by molar-refractivity contribution is 6.28. The van der Waals surface area contributed by atoms with Crippen molar-refractivity contribution in [3.8, 4) is 5.69 Å². The van der Waals surface area contributed by atoms with E-state index in [0.717, 1.165) is 27.5 Å². The molecule has 1 aliphatic heterocycles. The van der Waals surface area contributed by atoms with Crippen LogP contribution in [0.25, 0.3) is 11.8 Å². The fourth-order valence-electron chi connectivity index (χ4n) is 3.82. The topological polar surface area (TPSA) is 80.6 Å². The second-order valence-electron chi connectivity index (χ2n) is 7.40. The number of rotatable bonds is 5. The number of nitrogens with zero attached hydrogens (tertiary/aromatic N) is 2. The molecule has 1 saturated heterocycles. The van der Waals surface area contributed by atoms with Crippen molar-refractivity contribution in [2.24, 2.45) is 0 Å². The Balaban J connectivity index is 1.68. The molecular formula is C25H23N3O4. The highest BCUT2D eigenvalue weighted by Crippen LogP contribution is 2.26. The Morgan fingerprint density at radius 1 is 1.00 bits per heavy atom. The van der Waals surface area contributed by atoms with Gasteiger partial charge in [0.2, 0.25) is 0 Å². The molecule has 4 rings (SSSR count). The summed E-state index contributed by atoms with van der Waals surface area (Å²) in [7, 11) is 0. The smallest absolute Gasteiger partial charge is 0.338 e. The van der Waals surface area contributed by atoms with Crippen LogP contribution in [-0.2, 0) is 9.53 Å². The largest absolute Gasteiger partial charge is 0.462 e. The number of esters is 1. The number of carbonyl (C=O) groups is 3. The molecule has 1 aliphatic rings. The molecule has 0 aliphatic carbocycles. The fraction of sp³-hybridized carbons (Fsp3) is 0.160. The van der Waals surface area contributed by atoms with Crippen molar-refractivity contribution >= 4 is 29.7 Å². The predicted octanol–water partition coefficient (Wildman–Crippen LogP) is 4.37. The van der Waals surface area contributed by atoms with Crippen molar-refractivity contribution in [3.05, 3.63) is 88.9 Å². The van der Waals surface area contributed by atoms with Crippen LogP contribution in [0.3, 0.4) is 0 Å². The highest BCUT2D eigenvalue weighted by atomic mass is 16.5. The van der Waals surface area contributed by atoms with Gasteiger partial charge < -0.3 is 14.6 Å². The van der Waals surface area contributed by atoms with E-state index in [1.54, 1.807) is 55.5 Å². The van der Waals surface area contributed by atoms with E-state index in [1.165, 1.54) is 0 Å². The van der Waals surface area contributed by atoms with Gasteiger partial charge in [0.25, 0.3) is 5.91 Å². The Labute approximate surface area is 185 Å². The van der Waals surface area contributed by atoms with Crippen LogP contribution in [0, 0.1) is 13.8 Å². The maximum absolute atomic E-state index is 12.9. The first-order valence-electron chi connectivity index (χ1n) is 10.3. The molecule has 7 heteroatoms. The highest BCUT2D eigenvalue weighted by Gasteiger charge is 2.35. The second-order valence-corrected chi connectivity index (χ2v) is 7.40. The molecule has 2 aromatic carbocycles. The lowest BCUT2D eigenvalue weighted by Crippen LogP contribution is -2.30. The monoisotopic (exact) mass is 429 g/mol. The summed E-state index contributed by atoms with van der Waals surface area (Å²) >= 11 is 0. The molecule has 0 bridgehead atoms. The van der Waals surface area contributed by atoms with Gasteiger partial charge in [-0.05, 0) is 68.8 Å². The van der Waals surface area contributed by atoms with Crippen molar-refractivity contribution in [3.63, 3.8) is 0 Å². The van der Waals surface area contributed by atoms with Crippen LogP contribution in [0.1, 0.15) is 34.2 Å². The zero-order valence-electron chi connectivity index (χ0n) is 18.1. The first-order valence-corrected chi connectivity index (χ1v) is 10.3. The summed E-state index contributed by atoms with van der Waals surface area (Å²) in [5.41, 5.74) is 4.58. The second kappa shape index (κ2) is 8.55. The van der Waals surface area contributed by atoms with E-state index in [1.807, 2.05) is 36.6 Å². The van der Waals surface area contributed by atoms with E-state index in [9.17, 15) is 14.4 Å².